The van der Waals surface area contributed by atoms with E-state index in [1.165, 1.54) is 0 Å². The molecule has 5 heteroatoms. The molecule has 0 aromatic heterocycles. The number of rotatable bonds is 4. The Bertz CT molecular complexity index is 471. The fourth-order valence-corrected chi connectivity index (χ4v) is 2.65. The molecule has 0 spiro atoms. The summed E-state index contributed by atoms with van der Waals surface area (Å²) in [5.41, 5.74) is 0.944. The van der Waals surface area contributed by atoms with Crippen molar-refractivity contribution in [2.24, 2.45) is 0 Å². The Hall–Kier alpha value is -1.26. The number of piperidine rings is 1. The average Bonchev–Trinajstić information content (AvgIpc) is 2.46. The molecule has 1 aromatic carbocycles. The number of hydrogen-bond acceptors (Lipinski definition) is 3. The van der Waals surface area contributed by atoms with Gasteiger partial charge in [-0.2, -0.15) is 0 Å². The Morgan fingerprint density at radius 3 is 2.75 bits per heavy atom. The van der Waals surface area contributed by atoms with E-state index in [-0.39, 0.29) is 12.5 Å². The minimum absolute atomic E-state index is 0.0499. The maximum atomic E-state index is 12.1. The van der Waals surface area contributed by atoms with Crippen molar-refractivity contribution in [1.82, 2.24) is 10.2 Å². The Labute approximate surface area is 125 Å². The van der Waals surface area contributed by atoms with Crippen LogP contribution in [-0.4, -0.2) is 43.6 Å². The van der Waals surface area contributed by atoms with E-state index in [2.05, 4.69) is 5.32 Å². The third-order valence-electron chi connectivity index (χ3n) is 3.74. The summed E-state index contributed by atoms with van der Waals surface area (Å²) in [6, 6.07) is 5.93. The summed E-state index contributed by atoms with van der Waals surface area (Å²) in [6.07, 6.45) is 2.00. The molecule has 0 aliphatic carbocycles. The van der Waals surface area contributed by atoms with Gasteiger partial charge in [-0.25, -0.2) is 0 Å². The number of ether oxygens (including phenoxy) is 1. The van der Waals surface area contributed by atoms with Gasteiger partial charge in [-0.1, -0.05) is 11.6 Å². The van der Waals surface area contributed by atoms with Crippen molar-refractivity contribution in [2.45, 2.75) is 25.8 Å². The lowest BCUT2D eigenvalue weighted by molar-refractivity contribution is -0.134. The first kappa shape index (κ1) is 15.1. The molecule has 20 heavy (non-hydrogen) atoms. The van der Waals surface area contributed by atoms with Gasteiger partial charge in [0.25, 0.3) is 5.91 Å². The maximum absolute atomic E-state index is 12.1. The van der Waals surface area contributed by atoms with Crippen LogP contribution in [0, 0.1) is 6.92 Å². The van der Waals surface area contributed by atoms with E-state index in [4.69, 9.17) is 16.3 Å². The van der Waals surface area contributed by atoms with Crippen LogP contribution in [0.2, 0.25) is 5.02 Å². The molecule has 0 atom stereocenters. The Morgan fingerprint density at radius 2 is 2.15 bits per heavy atom. The SMILES string of the molecule is CNC1CCN(C(=O)COc2ccc(Cl)cc2C)CC1. The number of nitrogens with one attached hydrogen (secondary N) is 1. The molecule has 110 valence electrons. The normalized spacial score (nSPS) is 16.2. The van der Waals surface area contributed by atoms with E-state index in [0.29, 0.717) is 16.8 Å². The predicted octanol–water partition coefficient (Wildman–Crippen LogP) is 2.24. The van der Waals surface area contributed by atoms with Crippen LogP contribution in [0.5, 0.6) is 5.75 Å². The fraction of sp³-hybridized carbons (Fsp3) is 0.533. The molecule has 0 unspecified atom stereocenters. The quantitative estimate of drug-likeness (QED) is 0.926. The van der Waals surface area contributed by atoms with Crippen LogP contribution in [0.3, 0.4) is 0 Å². The lowest BCUT2D eigenvalue weighted by atomic mass is 10.1. The molecule has 0 radical (unpaired) electrons. The molecule has 4 nitrogen and oxygen atoms in total. The number of nitrogens with zero attached hydrogens (tertiary/aromatic N) is 1. The van der Waals surface area contributed by atoms with Gasteiger partial charge in [0.05, 0.1) is 0 Å². The number of benzene rings is 1. The predicted molar refractivity (Wildman–Crippen MR) is 80.3 cm³/mol. The van der Waals surface area contributed by atoms with E-state index in [0.717, 1.165) is 31.5 Å². The molecular weight excluding hydrogens is 276 g/mol. The third-order valence-corrected chi connectivity index (χ3v) is 3.98. The van der Waals surface area contributed by atoms with Gasteiger partial charge < -0.3 is 15.0 Å². The standard InChI is InChI=1S/C15H21ClN2O2/c1-11-9-12(16)3-4-14(11)20-10-15(19)18-7-5-13(17-2)6-8-18/h3-4,9,13,17H,5-8,10H2,1-2H3. The lowest BCUT2D eigenvalue weighted by Gasteiger charge is -2.31. The molecule has 1 aliphatic heterocycles. The van der Waals surface area contributed by atoms with Crippen molar-refractivity contribution in [2.75, 3.05) is 26.7 Å². The molecule has 1 N–H and O–H groups in total. The van der Waals surface area contributed by atoms with Crippen LogP contribution in [0.4, 0.5) is 0 Å². The van der Waals surface area contributed by atoms with Crippen molar-refractivity contribution >= 4 is 17.5 Å². The van der Waals surface area contributed by atoms with Crippen LogP contribution >= 0.6 is 11.6 Å². The zero-order chi connectivity index (χ0) is 14.5. The summed E-state index contributed by atoms with van der Waals surface area (Å²) in [6.45, 7) is 3.61. The Morgan fingerprint density at radius 1 is 1.45 bits per heavy atom. The van der Waals surface area contributed by atoms with Gasteiger partial charge in [0.1, 0.15) is 5.75 Å². The van der Waals surface area contributed by atoms with Crippen molar-refractivity contribution in [3.63, 3.8) is 0 Å². The van der Waals surface area contributed by atoms with Gasteiger partial charge >= 0.3 is 0 Å². The van der Waals surface area contributed by atoms with Gasteiger partial charge in [-0.15, -0.1) is 0 Å². The first-order chi connectivity index (χ1) is 9.60. The molecule has 1 aromatic rings. The second kappa shape index (κ2) is 6.95. The molecule has 1 fully saturated rings. The van der Waals surface area contributed by atoms with E-state index >= 15 is 0 Å². The molecule has 1 amide bonds. The van der Waals surface area contributed by atoms with Gasteiger partial charge in [-0.3, -0.25) is 4.79 Å². The Kier molecular flexibility index (Phi) is 5.26. The molecule has 0 saturated carbocycles. The number of carbonyl (C=O) groups is 1. The largest absolute Gasteiger partial charge is 0.483 e. The minimum atomic E-state index is 0.0499. The van der Waals surface area contributed by atoms with Crippen LogP contribution in [-0.2, 0) is 4.79 Å². The summed E-state index contributed by atoms with van der Waals surface area (Å²) >= 11 is 5.89. The monoisotopic (exact) mass is 296 g/mol. The van der Waals surface area contributed by atoms with E-state index in [9.17, 15) is 4.79 Å². The Balaban J connectivity index is 1.83. The smallest absolute Gasteiger partial charge is 0.260 e. The van der Waals surface area contributed by atoms with Crippen LogP contribution < -0.4 is 10.1 Å². The van der Waals surface area contributed by atoms with E-state index < -0.39 is 0 Å². The second-order valence-electron chi connectivity index (χ2n) is 5.14. The van der Waals surface area contributed by atoms with Gasteiger partial charge in [-0.05, 0) is 50.6 Å². The highest BCUT2D eigenvalue weighted by Crippen LogP contribution is 2.22. The first-order valence-electron chi connectivity index (χ1n) is 6.94. The molecule has 1 aliphatic rings. The molecule has 2 rings (SSSR count). The van der Waals surface area contributed by atoms with Crippen molar-refractivity contribution in [1.29, 1.82) is 0 Å². The number of amides is 1. The van der Waals surface area contributed by atoms with E-state index in [1.807, 2.05) is 24.9 Å². The summed E-state index contributed by atoms with van der Waals surface area (Å²) in [5, 5.41) is 3.93. The van der Waals surface area contributed by atoms with Crippen molar-refractivity contribution in [3.05, 3.63) is 28.8 Å². The molecular formula is C15H21ClN2O2. The lowest BCUT2D eigenvalue weighted by Crippen LogP contribution is -2.45. The first-order valence-corrected chi connectivity index (χ1v) is 7.32. The highest BCUT2D eigenvalue weighted by atomic mass is 35.5. The van der Waals surface area contributed by atoms with Gasteiger partial charge in [0, 0.05) is 24.2 Å². The summed E-state index contributed by atoms with van der Waals surface area (Å²) in [7, 11) is 1.97. The van der Waals surface area contributed by atoms with Crippen molar-refractivity contribution < 1.29 is 9.53 Å². The average molecular weight is 297 g/mol. The van der Waals surface area contributed by atoms with Gasteiger partial charge in [0.2, 0.25) is 0 Å². The van der Waals surface area contributed by atoms with Crippen molar-refractivity contribution in [3.8, 4) is 5.75 Å². The van der Waals surface area contributed by atoms with Crippen LogP contribution in [0.25, 0.3) is 0 Å². The minimum Gasteiger partial charge on any atom is -0.483 e. The number of aryl methyl sites for hydroxylation is 1. The molecule has 1 saturated heterocycles. The number of halogens is 1. The summed E-state index contributed by atoms with van der Waals surface area (Å²) in [4.78, 5) is 14.0. The van der Waals surface area contributed by atoms with Crippen LogP contribution in [0.1, 0.15) is 18.4 Å². The highest BCUT2D eigenvalue weighted by Gasteiger charge is 2.21. The van der Waals surface area contributed by atoms with Gasteiger partial charge in [0.15, 0.2) is 6.61 Å². The third kappa shape index (κ3) is 3.87. The zero-order valence-electron chi connectivity index (χ0n) is 12.0. The molecule has 0 bridgehead atoms. The second-order valence-corrected chi connectivity index (χ2v) is 5.58. The topological polar surface area (TPSA) is 41.6 Å². The highest BCUT2D eigenvalue weighted by molar-refractivity contribution is 6.30. The number of hydrogen-bond donors (Lipinski definition) is 1. The molecule has 1 heterocycles. The zero-order valence-corrected chi connectivity index (χ0v) is 12.7. The fourth-order valence-electron chi connectivity index (χ4n) is 2.42. The maximum Gasteiger partial charge on any atom is 0.260 e. The van der Waals surface area contributed by atoms with Crippen LogP contribution in [0.15, 0.2) is 18.2 Å². The number of carbonyl (C=O) groups excluding carboxylic acids is 1. The summed E-state index contributed by atoms with van der Waals surface area (Å²) in [5.74, 6) is 0.766. The number of likely N-dealkylation sites (tertiary alicyclic amines) is 1. The van der Waals surface area contributed by atoms with E-state index in [1.54, 1.807) is 12.1 Å². The summed E-state index contributed by atoms with van der Waals surface area (Å²) < 4.78 is 5.59.